The van der Waals surface area contributed by atoms with Crippen molar-refractivity contribution in [2.45, 2.75) is 17.4 Å². The summed E-state index contributed by atoms with van der Waals surface area (Å²) in [7, 11) is -2.82. The molecule has 0 radical (unpaired) electrons. The van der Waals surface area contributed by atoms with E-state index in [2.05, 4.69) is 4.72 Å². The second-order valence-corrected chi connectivity index (χ2v) is 5.92. The van der Waals surface area contributed by atoms with Gasteiger partial charge in [0.25, 0.3) is 0 Å². The molecule has 0 saturated carbocycles. The fourth-order valence-corrected chi connectivity index (χ4v) is 2.98. The Balaban J connectivity index is 3.04. The summed E-state index contributed by atoms with van der Waals surface area (Å²) in [6, 6.07) is 1.79. The van der Waals surface area contributed by atoms with Crippen LogP contribution in [0.3, 0.4) is 0 Å². The predicted molar refractivity (Wildman–Crippen MR) is 71.0 cm³/mol. The Morgan fingerprint density at radius 2 is 2.14 bits per heavy atom. The number of nitrogens with one attached hydrogen (secondary N) is 1. The van der Waals surface area contributed by atoms with Gasteiger partial charge < -0.3 is 14.9 Å². The highest BCUT2D eigenvalue weighted by Crippen LogP contribution is 2.17. The lowest BCUT2D eigenvalue weighted by atomic mass is 10.2. The number of halogens is 1. The van der Waals surface area contributed by atoms with Gasteiger partial charge in [-0.25, -0.2) is 22.3 Å². The van der Waals surface area contributed by atoms with Gasteiger partial charge in [0.05, 0.1) is 12.2 Å². The molecule has 0 saturated heterocycles. The SMILES string of the molecule is COCC(CCO)NS(=O)(=O)c1ccc(C(=O)O)cc1F. The molecule has 0 heterocycles. The van der Waals surface area contributed by atoms with Crippen molar-refractivity contribution in [3.05, 3.63) is 29.6 Å². The van der Waals surface area contributed by atoms with E-state index in [1.54, 1.807) is 0 Å². The number of methoxy groups -OCH3 is 1. The van der Waals surface area contributed by atoms with E-state index in [1.165, 1.54) is 7.11 Å². The predicted octanol–water partition coefficient (Wildman–Crippen LogP) is 0.200. The first kappa shape index (κ1) is 17.5. The van der Waals surface area contributed by atoms with Crippen LogP contribution in [0.25, 0.3) is 0 Å². The zero-order chi connectivity index (χ0) is 16.0. The summed E-state index contributed by atoms with van der Waals surface area (Å²) in [5, 5.41) is 17.6. The quantitative estimate of drug-likeness (QED) is 0.630. The molecule has 0 aliphatic carbocycles. The van der Waals surface area contributed by atoms with Crippen LogP contribution in [0.4, 0.5) is 4.39 Å². The molecular weight excluding hydrogens is 305 g/mol. The number of carbonyl (C=O) groups is 1. The molecule has 1 rings (SSSR count). The van der Waals surface area contributed by atoms with Crippen LogP contribution in [0.15, 0.2) is 23.1 Å². The van der Waals surface area contributed by atoms with Crippen molar-refractivity contribution in [3.8, 4) is 0 Å². The van der Waals surface area contributed by atoms with Gasteiger partial charge in [-0.05, 0) is 24.6 Å². The van der Waals surface area contributed by atoms with Gasteiger partial charge in [-0.15, -0.1) is 0 Å². The summed E-state index contributed by atoms with van der Waals surface area (Å²) >= 11 is 0. The van der Waals surface area contributed by atoms with Gasteiger partial charge in [0, 0.05) is 19.8 Å². The van der Waals surface area contributed by atoms with Crippen LogP contribution in [0.2, 0.25) is 0 Å². The van der Waals surface area contributed by atoms with E-state index in [0.29, 0.717) is 6.07 Å². The third kappa shape index (κ3) is 4.74. The Morgan fingerprint density at radius 3 is 2.62 bits per heavy atom. The molecule has 0 fully saturated rings. The number of carboxylic acids is 1. The molecule has 0 amide bonds. The van der Waals surface area contributed by atoms with Crippen molar-refractivity contribution in [3.63, 3.8) is 0 Å². The first-order valence-electron chi connectivity index (χ1n) is 5.96. The Labute approximate surface area is 121 Å². The monoisotopic (exact) mass is 321 g/mol. The summed E-state index contributed by atoms with van der Waals surface area (Å²) in [6.07, 6.45) is 0.0991. The molecule has 9 heteroatoms. The highest BCUT2D eigenvalue weighted by atomic mass is 32.2. The van der Waals surface area contributed by atoms with Gasteiger partial charge in [0.2, 0.25) is 10.0 Å². The molecule has 118 valence electrons. The van der Waals surface area contributed by atoms with Crippen molar-refractivity contribution >= 4 is 16.0 Å². The number of rotatable bonds is 8. The van der Waals surface area contributed by atoms with Crippen molar-refractivity contribution in [2.24, 2.45) is 0 Å². The summed E-state index contributed by atoms with van der Waals surface area (Å²) in [5.41, 5.74) is -0.352. The zero-order valence-corrected chi connectivity index (χ0v) is 12.1. The van der Waals surface area contributed by atoms with Crippen LogP contribution in [0.1, 0.15) is 16.8 Å². The number of carboxylic acid groups (broad SMARTS) is 1. The first-order chi connectivity index (χ1) is 9.81. The molecule has 1 atom stereocenters. The number of hydrogen-bond acceptors (Lipinski definition) is 5. The number of hydrogen-bond donors (Lipinski definition) is 3. The molecule has 1 unspecified atom stereocenters. The third-order valence-corrected chi connectivity index (χ3v) is 4.19. The van der Waals surface area contributed by atoms with Crippen LogP contribution in [-0.2, 0) is 14.8 Å². The number of aliphatic hydroxyl groups excluding tert-OH is 1. The number of benzene rings is 1. The van der Waals surface area contributed by atoms with E-state index in [0.717, 1.165) is 12.1 Å². The molecule has 0 bridgehead atoms. The lowest BCUT2D eigenvalue weighted by molar-refractivity contribution is 0.0696. The Kier molecular flexibility index (Phi) is 6.21. The highest BCUT2D eigenvalue weighted by Gasteiger charge is 2.24. The molecule has 0 aliphatic rings. The maximum atomic E-state index is 13.8. The Hall–Kier alpha value is -1.55. The second kappa shape index (κ2) is 7.46. The maximum absolute atomic E-state index is 13.8. The van der Waals surface area contributed by atoms with Crippen LogP contribution in [0, 0.1) is 5.82 Å². The minimum Gasteiger partial charge on any atom is -0.478 e. The second-order valence-electron chi connectivity index (χ2n) is 4.24. The van der Waals surface area contributed by atoms with Gasteiger partial charge in [0.15, 0.2) is 0 Å². The van der Waals surface area contributed by atoms with E-state index in [1.807, 2.05) is 0 Å². The van der Waals surface area contributed by atoms with Gasteiger partial charge in [-0.3, -0.25) is 0 Å². The Morgan fingerprint density at radius 1 is 1.48 bits per heavy atom. The lowest BCUT2D eigenvalue weighted by Crippen LogP contribution is -2.39. The first-order valence-corrected chi connectivity index (χ1v) is 7.45. The van der Waals surface area contributed by atoms with E-state index in [9.17, 15) is 17.6 Å². The smallest absolute Gasteiger partial charge is 0.335 e. The molecule has 1 aromatic carbocycles. The number of sulfonamides is 1. The van der Waals surface area contributed by atoms with Gasteiger partial charge >= 0.3 is 5.97 Å². The average molecular weight is 321 g/mol. The number of ether oxygens (including phenoxy) is 1. The summed E-state index contributed by atoms with van der Waals surface area (Å²) in [6.45, 7) is -0.258. The average Bonchev–Trinajstić information content (AvgIpc) is 2.38. The molecule has 0 aliphatic heterocycles. The zero-order valence-electron chi connectivity index (χ0n) is 11.2. The van der Waals surface area contributed by atoms with Crippen LogP contribution >= 0.6 is 0 Å². The molecular formula is C12H16FNO6S. The topological polar surface area (TPSA) is 113 Å². The standard InChI is InChI=1S/C12H16FNO6S/c1-20-7-9(4-5-15)14-21(18,19)11-3-2-8(12(16)17)6-10(11)13/h2-3,6,9,14-15H,4-5,7H2,1H3,(H,16,17). The lowest BCUT2D eigenvalue weighted by Gasteiger charge is -2.17. The van der Waals surface area contributed by atoms with Crippen molar-refractivity contribution in [1.82, 2.24) is 4.72 Å². The number of aromatic carboxylic acids is 1. The van der Waals surface area contributed by atoms with Crippen LogP contribution in [-0.4, -0.2) is 51.0 Å². The number of aliphatic hydroxyl groups is 1. The molecule has 21 heavy (non-hydrogen) atoms. The van der Waals surface area contributed by atoms with E-state index in [-0.39, 0.29) is 25.2 Å². The van der Waals surface area contributed by atoms with Gasteiger partial charge in [-0.2, -0.15) is 0 Å². The van der Waals surface area contributed by atoms with Crippen LogP contribution in [0.5, 0.6) is 0 Å². The van der Waals surface area contributed by atoms with Crippen molar-refractivity contribution in [2.75, 3.05) is 20.3 Å². The van der Waals surface area contributed by atoms with Gasteiger partial charge in [-0.1, -0.05) is 0 Å². The minimum atomic E-state index is -4.19. The molecule has 3 N–H and O–H groups in total. The molecule has 0 spiro atoms. The van der Waals surface area contributed by atoms with Crippen molar-refractivity contribution in [1.29, 1.82) is 0 Å². The Bertz CT molecular complexity index is 598. The minimum absolute atomic E-state index is 0.00855. The van der Waals surface area contributed by atoms with Crippen LogP contribution < -0.4 is 4.72 Å². The normalized spacial score (nSPS) is 13.1. The van der Waals surface area contributed by atoms with E-state index >= 15 is 0 Å². The van der Waals surface area contributed by atoms with E-state index in [4.69, 9.17) is 14.9 Å². The molecule has 1 aromatic rings. The largest absolute Gasteiger partial charge is 0.478 e. The third-order valence-electron chi connectivity index (χ3n) is 2.64. The highest BCUT2D eigenvalue weighted by molar-refractivity contribution is 7.89. The fraction of sp³-hybridized carbons (Fsp3) is 0.417. The van der Waals surface area contributed by atoms with Gasteiger partial charge in [0.1, 0.15) is 10.7 Å². The fourth-order valence-electron chi connectivity index (χ4n) is 1.67. The summed E-state index contributed by atoms with van der Waals surface area (Å²) in [5.74, 6) is -2.52. The maximum Gasteiger partial charge on any atom is 0.335 e. The molecule has 7 nitrogen and oxygen atoms in total. The summed E-state index contributed by atoms with van der Waals surface area (Å²) in [4.78, 5) is 10.0. The molecule has 0 aromatic heterocycles. The summed E-state index contributed by atoms with van der Waals surface area (Å²) < 4.78 is 44.9. The van der Waals surface area contributed by atoms with E-state index < -0.39 is 32.7 Å². The van der Waals surface area contributed by atoms with Crippen molar-refractivity contribution < 1.29 is 32.6 Å².